The molecule has 1 aliphatic rings. The van der Waals surface area contributed by atoms with E-state index in [1.807, 2.05) is 14.0 Å². The summed E-state index contributed by atoms with van der Waals surface area (Å²) in [6.07, 6.45) is 4.77. The molecule has 2 rings (SSSR count). The third kappa shape index (κ3) is 2.25. The van der Waals surface area contributed by atoms with Crippen molar-refractivity contribution >= 4 is 17.4 Å². The smallest absolute Gasteiger partial charge is 0.144 e. The van der Waals surface area contributed by atoms with Crippen molar-refractivity contribution in [1.29, 1.82) is 0 Å². The number of nitrogens with zero attached hydrogens (tertiary/aromatic N) is 2. The second-order valence-corrected chi connectivity index (χ2v) is 5.72. The summed E-state index contributed by atoms with van der Waals surface area (Å²) in [7, 11) is 1.85. The number of aromatic nitrogens is 2. The summed E-state index contributed by atoms with van der Waals surface area (Å²) in [6.45, 7) is 3.95. The van der Waals surface area contributed by atoms with Crippen LogP contribution in [-0.2, 0) is 18.3 Å². The van der Waals surface area contributed by atoms with E-state index >= 15 is 0 Å². The Morgan fingerprint density at radius 1 is 1.47 bits per heavy atom. The number of hydrogen-bond donors (Lipinski definition) is 0. The van der Waals surface area contributed by atoms with Crippen molar-refractivity contribution in [1.82, 2.24) is 9.78 Å². The maximum Gasteiger partial charge on any atom is 0.144 e. The quantitative estimate of drug-likeness (QED) is 0.831. The standard InChI is InChI=1S/C13H19ClN2O/c1-9-12(14)10(16(3)15-9)8-11(17)13(2)6-4-5-7-13/h4-8H2,1-3H3. The normalized spacial score (nSPS) is 18.6. The predicted octanol–water partition coefficient (Wildman–Crippen LogP) is 3.07. The largest absolute Gasteiger partial charge is 0.299 e. The Morgan fingerprint density at radius 2 is 2.06 bits per heavy atom. The van der Waals surface area contributed by atoms with Crippen LogP contribution in [0.1, 0.15) is 44.0 Å². The highest BCUT2D eigenvalue weighted by atomic mass is 35.5. The van der Waals surface area contributed by atoms with E-state index in [2.05, 4.69) is 12.0 Å². The van der Waals surface area contributed by atoms with E-state index in [9.17, 15) is 4.79 Å². The Labute approximate surface area is 107 Å². The first-order valence-electron chi connectivity index (χ1n) is 6.15. The Hall–Kier alpha value is -0.830. The van der Waals surface area contributed by atoms with Crippen molar-refractivity contribution < 1.29 is 4.79 Å². The van der Waals surface area contributed by atoms with Gasteiger partial charge in [-0.2, -0.15) is 5.10 Å². The Morgan fingerprint density at radius 3 is 2.53 bits per heavy atom. The van der Waals surface area contributed by atoms with Crippen molar-refractivity contribution in [2.24, 2.45) is 12.5 Å². The van der Waals surface area contributed by atoms with Crippen molar-refractivity contribution in [2.75, 3.05) is 0 Å². The van der Waals surface area contributed by atoms with Gasteiger partial charge in [0.1, 0.15) is 5.78 Å². The van der Waals surface area contributed by atoms with Crippen LogP contribution in [0.4, 0.5) is 0 Å². The first-order chi connectivity index (χ1) is 7.94. The fourth-order valence-corrected chi connectivity index (χ4v) is 2.90. The molecule has 0 N–H and O–H groups in total. The molecule has 0 aromatic carbocycles. The summed E-state index contributed by atoms with van der Waals surface area (Å²) in [6, 6.07) is 0. The van der Waals surface area contributed by atoms with Gasteiger partial charge >= 0.3 is 0 Å². The first kappa shape index (κ1) is 12.6. The number of Topliss-reactive ketones (excluding diaryl/α,β-unsaturated/α-hetero) is 1. The van der Waals surface area contributed by atoms with Crippen molar-refractivity contribution in [3.05, 3.63) is 16.4 Å². The second-order valence-electron chi connectivity index (χ2n) is 5.34. The number of carbonyl (C=O) groups excluding carboxylic acids is 1. The highest BCUT2D eigenvalue weighted by Gasteiger charge is 2.36. The number of ketones is 1. The lowest BCUT2D eigenvalue weighted by molar-refractivity contribution is -0.127. The SMILES string of the molecule is Cc1nn(C)c(CC(=O)C2(C)CCCC2)c1Cl. The van der Waals surface area contributed by atoms with Gasteiger partial charge in [0.05, 0.1) is 22.8 Å². The zero-order chi connectivity index (χ0) is 12.6. The molecule has 3 nitrogen and oxygen atoms in total. The molecule has 1 aromatic heterocycles. The molecule has 0 aliphatic heterocycles. The summed E-state index contributed by atoms with van der Waals surface area (Å²) >= 11 is 6.17. The molecule has 0 saturated heterocycles. The molecule has 4 heteroatoms. The van der Waals surface area contributed by atoms with Crippen LogP contribution in [0.25, 0.3) is 0 Å². The monoisotopic (exact) mass is 254 g/mol. The second kappa shape index (κ2) is 4.45. The maximum absolute atomic E-state index is 12.4. The molecular formula is C13H19ClN2O. The molecule has 0 bridgehead atoms. The van der Waals surface area contributed by atoms with E-state index in [0.717, 1.165) is 24.2 Å². The summed E-state index contributed by atoms with van der Waals surface area (Å²) in [5, 5.41) is 4.89. The Bertz CT molecular complexity index is 445. The van der Waals surface area contributed by atoms with Crippen LogP contribution < -0.4 is 0 Å². The van der Waals surface area contributed by atoms with Crippen LogP contribution in [0, 0.1) is 12.3 Å². The van der Waals surface area contributed by atoms with Crippen LogP contribution in [-0.4, -0.2) is 15.6 Å². The van der Waals surface area contributed by atoms with Crippen molar-refractivity contribution in [2.45, 2.75) is 46.0 Å². The van der Waals surface area contributed by atoms with Gasteiger partial charge in [-0.25, -0.2) is 0 Å². The van der Waals surface area contributed by atoms with Crippen LogP contribution >= 0.6 is 11.6 Å². The molecule has 1 fully saturated rings. The number of halogens is 1. The number of rotatable bonds is 3. The van der Waals surface area contributed by atoms with E-state index in [0.29, 0.717) is 17.2 Å². The summed E-state index contributed by atoms with van der Waals surface area (Å²) < 4.78 is 1.73. The highest BCUT2D eigenvalue weighted by molar-refractivity contribution is 6.32. The third-order valence-electron chi connectivity index (χ3n) is 3.97. The fraction of sp³-hybridized carbons (Fsp3) is 0.692. The van der Waals surface area contributed by atoms with Crippen molar-refractivity contribution in [3.63, 3.8) is 0 Å². The molecule has 0 radical (unpaired) electrons. The average molecular weight is 255 g/mol. The van der Waals surface area contributed by atoms with Crippen molar-refractivity contribution in [3.8, 4) is 0 Å². The molecule has 94 valence electrons. The fourth-order valence-electron chi connectivity index (χ4n) is 2.67. The first-order valence-corrected chi connectivity index (χ1v) is 6.53. The van der Waals surface area contributed by atoms with Crippen LogP contribution in [0.3, 0.4) is 0 Å². The lowest BCUT2D eigenvalue weighted by atomic mass is 9.82. The summed E-state index contributed by atoms with van der Waals surface area (Å²) in [5.41, 5.74) is 1.51. The third-order valence-corrected chi connectivity index (χ3v) is 4.46. The molecule has 1 saturated carbocycles. The summed E-state index contributed by atoms with van der Waals surface area (Å²) in [5.74, 6) is 0.305. The van der Waals surface area contributed by atoms with Crippen LogP contribution in [0.15, 0.2) is 0 Å². The average Bonchev–Trinajstić information content (AvgIpc) is 2.80. The van der Waals surface area contributed by atoms with E-state index < -0.39 is 0 Å². The maximum atomic E-state index is 12.4. The lowest BCUT2D eigenvalue weighted by Crippen LogP contribution is -2.26. The Balaban J connectivity index is 2.18. The van der Waals surface area contributed by atoms with Gasteiger partial charge < -0.3 is 0 Å². The highest BCUT2D eigenvalue weighted by Crippen LogP contribution is 2.39. The lowest BCUT2D eigenvalue weighted by Gasteiger charge is -2.21. The number of aryl methyl sites for hydroxylation is 2. The number of hydrogen-bond acceptors (Lipinski definition) is 2. The van der Waals surface area contributed by atoms with Gasteiger partial charge in [0.25, 0.3) is 0 Å². The van der Waals surface area contributed by atoms with Gasteiger partial charge in [-0.3, -0.25) is 9.48 Å². The molecule has 0 atom stereocenters. The number of carbonyl (C=O) groups is 1. The molecule has 0 spiro atoms. The van der Waals surface area contributed by atoms with E-state index in [-0.39, 0.29) is 5.41 Å². The minimum absolute atomic E-state index is 0.137. The van der Waals surface area contributed by atoms with Gasteiger partial charge in [0.2, 0.25) is 0 Å². The van der Waals surface area contributed by atoms with Gasteiger partial charge in [-0.15, -0.1) is 0 Å². The zero-order valence-electron chi connectivity index (χ0n) is 10.7. The molecule has 0 unspecified atom stereocenters. The summed E-state index contributed by atoms with van der Waals surface area (Å²) in [4.78, 5) is 12.4. The molecule has 0 amide bonds. The molecule has 1 aliphatic carbocycles. The molecule has 1 aromatic rings. The van der Waals surface area contributed by atoms with Gasteiger partial charge in [0, 0.05) is 12.5 Å². The van der Waals surface area contributed by atoms with Gasteiger partial charge in [-0.1, -0.05) is 31.4 Å². The predicted molar refractivity (Wildman–Crippen MR) is 68.2 cm³/mol. The zero-order valence-corrected chi connectivity index (χ0v) is 11.5. The van der Waals surface area contributed by atoms with Gasteiger partial charge in [-0.05, 0) is 19.8 Å². The van der Waals surface area contributed by atoms with E-state index in [1.54, 1.807) is 4.68 Å². The minimum Gasteiger partial charge on any atom is -0.299 e. The molecular weight excluding hydrogens is 236 g/mol. The van der Waals surface area contributed by atoms with Crippen LogP contribution in [0.5, 0.6) is 0 Å². The molecule has 1 heterocycles. The van der Waals surface area contributed by atoms with Gasteiger partial charge in [0.15, 0.2) is 0 Å². The minimum atomic E-state index is -0.137. The Kier molecular flexibility index (Phi) is 3.30. The molecule has 17 heavy (non-hydrogen) atoms. The topological polar surface area (TPSA) is 34.9 Å². The van der Waals surface area contributed by atoms with E-state index in [1.165, 1.54) is 12.8 Å². The van der Waals surface area contributed by atoms with Crippen LogP contribution in [0.2, 0.25) is 5.02 Å². The van der Waals surface area contributed by atoms with E-state index in [4.69, 9.17) is 11.6 Å².